The summed E-state index contributed by atoms with van der Waals surface area (Å²) < 4.78 is 13.5. The van der Waals surface area contributed by atoms with Crippen molar-refractivity contribution in [2.24, 2.45) is 0 Å². The first-order valence-corrected chi connectivity index (χ1v) is 5.38. The number of hydrogen-bond donors (Lipinski definition) is 2. The number of aliphatic carboxylic acids is 1. The molecule has 2 N–H and O–H groups in total. The normalized spacial score (nSPS) is 10.4. The Morgan fingerprint density at radius 3 is 2.68 bits per heavy atom. The van der Waals surface area contributed by atoms with Gasteiger partial charge < -0.3 is 10.4 Å². The molecule has 0 fully saturated rings. The number of carbonyl (C=O) groups is 1. The van der Waals surface area contributed by atoms with Crippen molar-refractivity contribution in [3.63, 3.8) is 0 Å². The van der Waals surface area contributed by atoms with Crippen LogP contribution in [0.15, 0.2) is 24.5 Å². The maximum Gasteiger partial charge on any atom is 0.317 e. The molecule has 1 aromatic carbocycles. The minimum absolute atomic E-state index is 0.198. The number of benzene rings is 1. The Balaban J connectivity index is 2.18. The Hall–Kier alpha value is -2.48. The minimum Gasteiger partial charge on any atom is -0.480 e. The average molecular weight is 263 g/mol. The van der Waals surface area contributed by atoms with Crippen LogP contribution >= 0.6 is 0 Å². The summed E-state index contributed by atoms with van der Waals surface area (Å²) in [5.41, 5.74) is 1.02. The second-order valence-electron chi connectivity index (χ2n) is 3.72. The molecule has 0 bridgehead atoms. The number of nitrogens with zero attached hydrogens (tertiary/aromatic N) is 4. The van der Waals surface area contributed by atoms with Gasteiger partial charge in [-0.1, -0.05) is 0 Å². The third-order valence-electron chi connectivity index (χ3n) is 2.23. The van der Waals surface area contributed by atoms with Crippen LogP contribution < -0.4 is 5.32 Å². The van der Waals surface area contributed by atoms with E-state index in [0.29, 0.717) is 11.1 Å². The molecule has 0 aliphatic heterocycles. The molecule has 2 aromatic rings. The van der Waals surface area contributed by atoms with E-state index < -0.39 is 11.8 Å². The SMILES string of the molecule is O=C(O)CNCc1cc(F)cc(-c2nncnn2)c1. The number of carboxylic acids is 1. The lowest BCUT2D eigenvalue weighted by atomic mass is 10.1. The molecule has 0 aliphatic carbocycles. The van der Waals surface area contributed by atoms with Crippen LogP contribution in [-0.2, 0) is 11.3 Å². The molecular weight excluding hydrogens is 253 g/mol. The van der Waals surface area contributed by atoms with Gasteiger partial charge in [-0.3, -0.25) is 4.79 Å². The summed E-state index contributed by atoms with van der Waals surface area (Å²) >= 11 is 0. The molecule has 98 valence electrons. The fraction of sp³-hybridized carbons (Fsp3) is 0.182. The van der Waals surface area contributed by atoms with Crippen molar-refractivity contribution in [1.29, 1.82) is 0 Å². The van der Waals surface area contributed by atoms with E-state index in [4.69, 9.17) is 5.11 Å². The summed E-state index contributed by atoms with van der Waals surface area (Å²) in [7, 11) is 0. The van der Waals surface area contributed by atoms with E-state index in [1.54, 1.807) is 6.07 Å². The van der Waals surface area contributed by atoms with Crippen molar-refractivity contribution in [1.82, 2.24) is 25.7 Å². The maximum absolute atomic E-state index is 13.5. The van der Waals surface area contributed by atoms with Gasteiger partial charge in [0.15, 0.2) is 6.33 Å². The molecule has 8 heteroatoms. The van der Waals surface area contributed by atoms with E-state index in [1.165, 1.54) is 18.5 Å². The van der Waals surface area contributed by atoms with Crippen molar-refractivity contribution in [2.45, 2.75) is 6.54 Å². The van der Waals surface area contributed by atoms with Gasteiger partial charge in [-0.05, 0) is 23.8 Å². The number of nitrogens with one attached hydrogen (secondary N) is 1. The van der Waals surface area contributed by atoms with Crippen molar-refractivity contribution < 1.29 is 14.3 Å². The van der Waals surface area contributed by atoms with Crippen LogP contribution in [0.3, 0.4) is 0 Å². The predicted molar refractivity (Wildman–Crippen MR) is 62.4 cm³/mol. The van der Waals surface area contributed by atoms with Gasteiger partial charge >= 0.3 is 5.97 Å². The smallest absolute Gasteiger partial charge is 0.317 e. The molecule has 0 unspecified atom stereocenters. The Morgan fingerprint density at radius 1 is 1.26 bits per heavy atom. The molecule has 0 spiro atoms. The number of aromatic nitrogens is 4. The molecular formula is C11H10FN5O2. The quantitative estimate of drug-likeness (QED) is 0.797. The van der Waals surface area contributed by atoms with Crippen molar-refractivity contribution in [2.75, 3.05) is 6.54 Å². The van der Waals surface area contributed by atoms with Gasteiger partial charge in [-0.2, -0.15) is 0 Å². The van der Waals surface area contributed by atoms with Gasteiger partial charge in [-0.25, -0.2) is 4.39 Å². The summed E-state index contributed by atoms with van der Waals surface area (Å²) in [6.45, 7) is 0.0293. The Morgan fingerprint density at radius 2 is 2.00 bits per heavy atom. The number of hydrogen-bond acceptors (Lipinski definition) is 6. The van der Waals surface area contributed by atoms with Crippen molar-refractivity contribution >= 4 is 5.97 Å². The van der Waals surface area contributed by atoms with E-state index >= 15 is 0 Å². The Kier molecular flexibility index (Phi) is 4.04. The standard InChI is InChI=1S/C11H10FN5O2/c12-9-2-7(4-13-5-10(18)19)1-8(3-9)11-16-14-6-15-17-11/h1-3,6,13H,4-5H2,(H,18,19). The van der Waals surface area contributed by atoms with E-state index in [0.717, 1.165) is 0 Å². The molecule has 1 heterocycles. The maximum atomic E-state index is 13.5. The van der Waals surface area contributed by atoms with Crippen molar-refractivity contribution in [3.05, 3.63) is 35.9 Å². The molecule has 0 amide bonds. The molecule has 0 atom stereocenters. The number of rotatable bonds is 5. The fourth-order valence-electron chi connectivity index (χ4n) is 1.51. The fourth-order valence-corrected chi connectivity index (χ4v) is 1.51. The van der Waals surface area contributed by atoms with Gasteiger partial charge in [0.05, 0.1) is 6.54 Å². The van der Waals surface area contributed by atoms with Crippen LogP contribution in [0.2, 0.25) is 0 Å². The largest absolute Gasteiger partial charge is 0.480 e. The van der Waals surface area contributed by atoms with Crippen molar-refractivity contribution in [3.8, 4) is 11.4 Å². The predicted octanol–water partition coefficient (Wildman–Crippen LogP) is 0.247. The summed E-state index contributed by atoms with van der Waals surface area (Å²) in [5.74, 6) is -1.23. The Bertz CT molecular complexity index is 579. The average Bonchev–Trinajstić information content (AvgIpc) is 2.39. The molecule has 0 aliphatic rings. The van der Waals surface area contributed by atoms with Crippen LogP contribution in [0.5, 0.6) is 0 Å². The van der Waals surface area contributed by atoms with Crippen LogP contribution in [0.1, 0.15) is 5.56 Å². The van der Waals surface area contributed by atoms with E-state index in [9.17, 15) is 9.18 Å². The van der Waals surface area contributed by atoms with Gasteiger partial charge in [0.2, 0.25) is 5.82 Å². The Labute approximate surface area is 107 Å². The van der Waals surface area contributed by atoms with E-state index in [1.807, 2.05) is 0 Å². The highest BCUT2D eigenvalue weighted by Crippen LogP contribution is 2.17. The minimum atomic E-state index is -0.976. The third kappa shape index (κ3) is 3.75. The van der Waals surface area contributed by atoms with Gasteiger partial charge in [-0.15, -0.1) is 20.4 Å². The topological polar surface area (TPSA) is 101 Å². The summed E-state index contributed by atoms with van der Waals surface area (Å²) in [5, 5.41) is 25.8. The second-order valence-corrected chi connectivity index (χ2v) is 3.72. The molecule has 1 aromatic heterocycles. The highest BCUT2D eigenvalue weighted by atomic mass is 19.1. The number of carboxylic acid groups (broad SMARTS) is 1. The second kappa shape index (κ2) is 5.91. The first-order chi connectivity index (χ1) is 9.15. The number of halogens is 1. The zero-order valence-electron chi connectivity index (χ0n) is 9.75. The van der Waals surface area contributed by atoms with E-state index in [-0.39, 0.29) is 18.9 Å². The highest BCUT2D eigenvalue weighted by Gasteiger charge is 2.07. The van der Waals surface area contributed by atoms with Crippen LogP contribution in [0, 0.1) is 5.82 Å². The van der Waals surface area contributed by atoms with Crippen LogP contribution in [-0.4, -0.2) is 38.0 Å². The lowest BCUT2D eigenvalue weighted by Gasteiger charge is -2.05. The van der Waals surface area contributed by atoms with Crippen LogP contribution in [0.25, 0.3) is 11.4 Å². The van der Waals surface area contributed by atoms with Gasteiger partial charge in [0.25, 0.3) is 0 Å². The molecule has 7 nitrogen and oxygen atoms in total. The summed E-state index contributed by atoms with van der Waals surface area (Å²) in [4.78, 5) is 10.4. The molecule has 0 saturated carbocycles. The highest BCUT2D eigenvalue weighted by molar-refractivity contribution is 5.69. The van der Waals surface area contributed by atoms with Gasteiger partial charge in [0.1, 0.15) is 5.82 Å². The third-order valence-corrected chi connectivity index (χ3v) is 2.23. The summed E-state index contributed by atoms with van der Waals surface area (Å²) in [6, 6.07) is 4.22. The monoisotopic (exact) mass is 263 g/mol. The first kappa shape index (κ1) is 13.0. The molecule has 19 heavy (non-hydrogen) atoms. The zero-order valence-corrected chi connectivity index (χ0v) is 9.75. The lowest BCUT2D eigenvalue weighted by Crippen LogP contribution is -2.21. The molecule has 0 saturated heterocycles. The zero-order chi connectivity index (χ0) is 13.7. The molecule has 0 radical (unpaired) electrons. The first-order valence-electron chi connectivity index (χ1n) is 5.38. The van der Waals surface area contributed by atoms with E-state index in [2.05, 4.69) is 25.7 Å². The lowest BCUT2D eigenvalue weighted by molar-refractivity contribution is -0.135. The molecule has 2 rings (SSSR count). The van der Waals surface area contributed by atoms with Gasteiger partial charge in [0, 0.05) is 12.1 Å². The van der Waals surface area contributed by atoms with Crippen LogP contribution in [0.4, 0.5) is 4.39 Å². The summed E-state index contributed by atoms with van der Waals surface area (Å²) in [6.07, 6.45) is 1.18.